The standard InChI is InChI=1S/C19H20B3N7O3/c1-11(9-30-2)29-13(6-23)5-12-7-24-18(26-16(12)29)25-15-8-28(19(20,21)22)27-17(15)32-14-3-4-31-10-14/h5,7-8,11,14H,3-4,9-10H2,1-2H3,(H,24,25,26)/t11-,14?/m0/s1. The maximum absolute atomic E-state index is 9.54. The zero-order valence-electron chi connectivity index (χ0n) is 17.9. The molecule has 2 atom stereocenters. The van der Waals surface area contributed by atoms with Gasteiger partial charge >= 0.3 is 0 Å². The Bertz CT molecular complexity index is 1150. The van der Waals surface area contributed by atoms with E-state index in [9.17, 15) is 5.26 Å². The molecule has 6 radical (unpaired) electrons. The van der Waals surface area contributed by atoms with E-state index in [1.807, 2.05) is 11.5 Å². The van der Waals surface area contributed by atoms with Crippen molar-refractivity contribution in [1.82, 2.24) is 24.3 Å². The molecule has 3 aromatic rings. The van der Waals surface area contributed by atoms with Crippen LogP contribution in [0.5, 0.6) is 5.88 Å². The average Bonchev–Trinajstić information content (AvgIpc) is 3.47. The Hall–Kier alpha value is -2.97. The molecule has 4 heterocycles. The van der Waals surface area contributed by atoms with Crippen LogP contribution in [-0.4, -0.2) is 80.9 Å². The second-order valence-electron chi connectivity index (χ2n) is 7.70. The average molecular weight is 427 g/mol. The van der Waals surface area contributed by atoms with Gasteiger partial charge in [-0.25, -0.2) is 4.98 Å². The normalized spacial score (nSPS) is 17.3. The minimum atomic E-state index is -1.72. The first-order chi connectivity index (χ1) is 15.3. The van der Waals surface area contributed by atoms with E-state index in [0.29, 0.717) is 36.8 Å². The van der Waals surface area contributed by atoms with E-state index in [1.165, 1.54) is 10.9 Å². The summed E-state index contributed by atoms with van der Waals surface area (Å²) in [5, 5.41) is 15.9. The summed E-state index contributed by atoms with van der Waals surface area (Å²) in [6.07, 6.45) is 3.73. The molecule has 1 aliphatic heterocycles. The molecule has 32 heavy (non-hydrogen) atoms. The summed E-state index contributed by atoms with van der Waals surface area (Å²) in [6.45, 7) is 3.43. The Balaban J connectivity index is 1.70. The van der Waals surface area contributed by atoms with E-state index in [0.717, 1.165) is 11.8 Å². The second-order valence-corrected chi connectivity index (χ2v) is 7.70. The number of nitriles is 1. The molecule has 0 saturated carbocycles. The molecule has 158 valence electrons. The Kier molecular flexibility index (Phi) is 6.17. The predicted octanol–water partition coefficient (Wildman–Crippen LogP) is 0.691. The van der Waals surface area contributed by atoms with E-state index in [2.05, 4.69) is 26.5 Å². The summed E-state index contributed by atoms with van der Waals surface area (Å²) in [4.78, 5) is 8.96. The number of methoxy groups -OCH3 is 1. The van der Waals surface area contributed by atoms with Crippen molar-refractivity contribution in [3.8, 4) is 11.9 Å². The number of hydrogen-bond donors (Lipinski definition) is 1. The van der Waals surface area contributed by atoms with Crippen molar-refractivity contribution >= 4 is 46.2 Å². The highest BCUT2D eigenvalue weighted by molar-refractivity contribution is 6.56. The molecule has 1 unspecified atom stereocenters. The van der Waals surface area contributed by atoms with Crippen LogP contribution in [-0.2, 0) is 14.7 Å². The fourth-order valence-electron chi connectivity index (χ4n) is 3.53. The van der Waals surface area contributed by atoms with Gasteiger partial charge in [0.2, 0.25) is 5.95 Å². The number of nitrogens with zero attached hydrogens (tertiary/aromatic N) is 6. The van der Waals surface area contributed by atoms with Crippen LogP contribution in [0.4, 0.5) is 11.6 Å². The van der Waals surface area contributed by atoms with E-state index in [1.54, 1.807) is 19.4 Å². The first kappa shape index (κ1) is 22.2. The van der Waals surface area contributed by atoms with Gasteiger partial charge in [0, 0.05) is 25.1 Å². The lowest BCUT2D eigenvalue weighted by molar-refractivity contribution is 0.138. The van der Waals surface area contributed by atoms with Crippen LogP contribution < -0.4 is 10.1 Å². The van der Waals surface area contributed by atoms with Crippen LogP contribution >= 0.6 is 0 Å². The fourth-order valence-corrected chi connectivity index (χ4v) is 3.53. The van der Waals surface area contributed by atoms with Crippen LogP contribution in [0.3, 0.4) is 0 Å². The number of rotatable bonds is 8. The highest BCUT2D eigenvalue weighted by atomic mass is 16.6. The molecule has 1 saturated heterocycles. The molecule has 1 N–H and O–H groups in total. The quantitative estimate of drug-likeness (QED) is 0.524. The number of aromatic nitrogens is 5. The third kappa shape index (κ3) is 4.47. The fraction of sp³-hybridized carbons (Fsp3) is 0.474. The molecule has 13 heteroatoms. The van der Waals surface area contributed by atoms with Crippen molar-refractivity contribution in [2.24, 2.45) is 0 Å². The molecule has 4 rings (SSSR count). The van der Waals surface area contributed by atoms with Crippen LogP contribution in [0.2, 0.25) is 0 Å². The van der Waals surface area contributed by atoms with E-state index in [-0.39, 0.29) is 24.0 Å². The first-order valence-corrected chi connectivity index (χ1v) is 10.1. The van der Waals surface area contributed by atoms with E-state index in [4.69, 9.17) is 37.7 Å². The van der Waals surface area contributed by atoms with Crippen LogP contribution in [0, 0.1) is 11.3 Å². The number of anilines is 2. The number of fused-ring (bicyclic) bond motifs is 1. The summed E-state index contributed by atoms with van der Waals surface area (Å²) in [5.41, 5.74) is 1.49. The van der Waals surface area contributed by atoms with Crippen molar-refractivity contribution in [2.45, 2.75) is 30.7 Å². The van der Waals surface area contributed by atoms with E-state index >= 15 is 0 Å². The van der Waals surface area contributed by atoms with Gasteiger partial charge in [0.05, 0.1) is 55.6 Å². The molecule has 1 aliphatic rings. The second kappa shape index (κ2) is 8.88. The van der Waals surface area contributed by atoms with Crippen molar-refractivity contribution in [3.63, 3.8) is 0 Å². The highest BCUT2D eigenvalue weighted by Gasteiger charge is 2.24. The molecule has 0 aromatic carbocycles. The summed E-state index contributed by atoms with van der Waals surface area (Å²) in [6, 6.07) is 3.83. The Morgan fingerprint density at radius 1 is 1.44 bits per heavy atom. The van der Waals surface area contributed by atoms with Gasteiger partial charge in [-0.3, -0.25) is 4.68 Å². The molecule has 3 aromatic heterocycles. The van der Waals surface area contributed by atoms with Gasteiger partial charge in [-0.2, -0.15) is 10.2 Å². The molecule has 0 aliphatic carbocycles. The largest absolute Gasteiger partial charge is 0.469 e. The van der Waals surface area contributed by atoms with Crippen LogP contribution in [0.1, 0.15) is 25.1 Å². The zero-order chi connectivity index (χ0) is 22.9. The van der Waals surface area contributed by atoms with E-state index < -0.39 is 5.24 Å². The maximum Gasteiger partial charge on any atom is 0.257 e. The van der Waals surface area contributed by atoms with Crippen molar-refractivity contribution < 1.29 is 14.2 Å². The van der Waals surface area contributed by atoms with Gasteiger partial charge in [-0.15, -0.1) is 5.10 Å². The third-order valence-electron chi connectivity index (χ3n) is 5.03. The Labute approximate surface area is 189 Å². The van der Waals surface area contributed by atoms with Gasteiger partial charge in [0.15, 0.2) is 0 Å². The van der Waals surface area contributed by atoms with Gasteiger partial charge in [-0.05, 0) is 18.2 Å². The lowest BCUT2D eigenvalue weighted by Crippen LogP contribution is -2.35. The van der Waals surface area contributed by atoms with Crippen LogP contribution in [0.15, 0.2) is 18.5 Å². The lowest BCUT2D eigenvalue weighted by Gasteiger charge is -2.20. The van der Waals surface area contributed by atoms with Gasteiger partial charge < -0.3 is 24.1 Å². The van der Waals surface area contributed by atoms with Crippen molar-refractivity contribution in [1.29, 1.82) is 5.26 Å². The predicted molar refractivity (Wildman–Crippen MR) is 119 cm³/mol. The zero-order valence-corrected chi connectivity index (χ0v) is 17.9. The van der Waals surface area contributed by atoms with Gasteiger partial charge in [-0.1, -0.05) is 0 Å². The monoisotopic (exact) mass is 427 g/mol. The summed E-state index contributed by atoms with van der Waals surface area (Å²) in [5.74, 6) is 0.519. The number of hydrogen-bond acceptors (Lipinski definition) is 8. The van der Waals surface area contributed by atoms with Crippen molar-refractivity contribution in [3.05, 3.63) is 24.2 Å². The maximum atomic E-state index is 9.54. The van der Waals surface area contributed by atoms with Gasteiger partial charge in [0.1, 0.15) is 29.2 Å². The summed E-state index contributed by atoms with van der Waals surface area (Å²) in [7, 11) is 19.0. The Morgan fingerprint density at radius 2 is 2.25 bits per heavy atom. The van der Waals surface area contributed by atoms with Crippen LogP contribution in [0.25, 0.3) is 11.0 Å². The smallest absolute Gasteiger partial charge is 0.257 e. The SMILES string of the molecule is [B]C([B])([B])n1cc(Nc2ncc3cc(C#N)n([C@@H](C)COC)c3n2)c(OC2CCOC2)n1. The number of nitrogens with one attached hydrogen (secondary N) is 1. The molecule has 0 amide bonds. The molecule has 0 bridgehead atoms. The minimum absolute atomic E-state index is 0.105. The Morgan fingerprint density at radius 3 is 2.91 bits per heavy atom. The van der Waals surface area contributed by atoms with Crippen molar-refractivity contribution in [2.75, 3.05) is 32.2 Å². The summed E-state index contributed by atoms with van der Waals surface area (Å²) < 4.78 is 19.6. The molecule has 10 nitrogen and oxygen atoms in total. The summed E-state index contributed by atoms with van der Waals surface area (Å²) >= 11 is 0. The lowest BCUT2D eigenvalue weighted by atomic mass is 9.49. The molecular formula is C19H20B3N7O3. The molecular weight excluding hydrogens is 407 g/mol. The third-order valence-corrected chi connectivity index (χ3v) is 5.03. The molecule has 1 fully saturated rings. The van der Waals surface area contributed by atoms with Gasteiger partial charge in [0.25, 0.3) is 5.88 Å². The topological polar surface area (TPSA) is 112 Å². The first-order valence-electron chi connectivity index (χ1n) is 10.1. The number of ether oxygens (including phenoxy) is 3. The highest BCUT2D eigenvalue weighted by Crippen LogP contribution is 2.30. The minimum Gasteiger partial charge on any atom is -0.469 e. The molecule has 0 spiro atoms.